The molecule has 0 bridgehead atoms. The van der Waals surface area contributed by atoms with Crippen LogP contribution in [0.15, 0.2) is 54.6 Å². The second-order valence-electron chi connectivity index (χ2n) is 5.79. The molecule has 3 nitrogen and oxygen atoms in total. The first-order chi connectivity index (χ1) is 11.2. The van der Waals surface area contributed by atoms with Gasteiger partial charge in [0.2, 0.25) is 5.91 Å². The Morgan fingerprint density at radius 1 is 1.13 bits per heavy atom. The van der Waals surface area contributed by atoms with Gasteiger partial charge in [0.15, 0.2) is 0 Å². The Balaban J connectivity index is 1.82. The molecule has 1 unspecified atom stereocenters. The molecule has 0 aromatic heterocycles. The highest BCUT2D eigenvalue weighted by Gasteiger charge is 2.10. The predicted molar refractivity (Wildman–Crippen MR) is 93.5 cm³/mol. The van der Waals surface area contributed by atoms with Gasteiger partial charge in [0.1, 0.15) is 5.75 Å². The minimum absolute atomic E-state index is 0.0706. The van der Waals surface area contributed by atoms with E-state index in [0.29, 0.717) is 19.6 Å². The summed E-state index contributed by atoms with van der Waals surface area (Å²) >= 11 is 0. The first-order valence-electron chi connectivity index (χ1n) is 8.22. The van der Waals surface area contributed by atoms with Gasteiger partial charge in [0.05, 0.1) is 6.61 Å². The zero-order chi connectivity index (χ0) is 16.5. The van der Waals surface area contributed by atoms with Crippen molar-refractivity contribution in [3.8, 4) is 5.75 Å². The van der Waals surface area contributed by atoms with Gasteiger partial charge in [-0.15, -0.1) is 0 Å². The van der Waals surface area contributed by atoms with Crippen LogP contribution in [0.3, 0.4) is 0 Å². The number of hydrogen-bond acceptors (Lipinski definition) is 2. The van der Waals surface area contributed by atoms with Crippen molar-refractivity contribution in [2.75, 3.05) is 6.61 Å². The van der Waals surface area contributed by atoms with Crippen LogP contribution in [-0.4, -0.2) is 12.5 Å². The van der Waals surface area contributed by atoms with Crippen molar-refractivity contribution in [1.82, 2.24) is 5.32 Å². The first-order valence-corrected chi connectivity index (χ1v) is 8.22. The van der Waals surface area contributed by atoms with E-state index in [9.17, 15) is 4.79 Å². The second-order valence-corrected chi connectivity index (χ2v) is 5.79. The number of amides is 1. The molecule has 1 amide bonds. The van der Waals surface area contributed by atoms with E-state index in [0.717, 1.165) is 17.7 Å². The van der Waals surface area contributed by atoms with E-state index >= 15 is 0 Å². The maximum absolute atomic E-state index is 12.1. The monoisotopic (exact) mass is 311 g/mol. The summed E-state index contributed by atoms with van der Waals surface area (Å²) in [4.78, 5) is 12.1. The number of nitrogens with one attached hydrogen (secondary N) is 1. The quantitative estimate of drug-likeness (QED) is 0.790. The van der Waals surface area contributed by atoms with E-state index in [1.54, 1.807) is 0 Å². The lowest BCUT2D eigenvalue weighted by Crippen LogP contribution is -2.24. The Labute approximate surface area is 138 Å². The Bertz CT molecular complexity index is 610. The van der Waals surface area contributed by atoms with Crippen LogP contribution in [0.4, 0.5) is 0 Å². The third-order valence-corrected chi connectivity index (χ3v) is 3.72. The van der Waals surface area contributed by atoms with Crippen LogP contribution in [0.2, 0.25) is 0 Å². The van der Waals surface area contributed by atoms with Crippen molar-refractivity contribution >= 4 is 5.91 Å². The zero-order valence-corrected chi connectivity index (χ0v) is 13.9. The molecule has 3 heteroatoms. The van der Waals surface area contributed by atoms with E-state index in [1.807, 2.05) is 42.5 Å². The van der Waals surface area contributed by atoms with Crippen LogP contribution >= 0.6 is 0 Å². The smallest absolute Gasteiger partial charge is 0.220 e. The molecular weight excluding hydrogens is 286 g/mol. The summed E-state index contributed by atoms with van der Waals surface area (Å²) in [7, 11) is 0. The average molecular weight is 311 g/mol. The van der Waals surface area contributed by atoms with Gasteiger partial charge in [-0.25, -0.2) is 0 Å². The molecule has 0 saturated heterocycles. The molecule has 0 aliphatic carbocycles. The predicted octanol–water partition coefficient (Wildman–Crippen LogP) is 4.29. The van der Waals surface area contributed by atoms with Gasteiger partial charge in [0.25, 0.3) is 0 Å². The largest absolute Gasteiger partial charge is 0.494 e. The molecule has 2 aromatic rings. The number of benzene rings is 2. The Morgan fingerprint density at radius 2 is 1.91 bits per heavy atom. The molecule has 2 aromatic carbocycles. The van der Waals surface area contributed by atoms with Crippen LogP contribution in [0.1, 0.15) is 43.7 Å². The van der Waals surface area contributed by atoms with Gasteiger partial charge in [0, 0.05) is 13.0 Å². The van der Waals surface area contributed by atoms with E-state index in [2.05, 4.69) is 31.3 Å². The van der Waals surface area contributed by atoms with Crippen molar-refractivity contribution in [1.29, 1.82) is 0 Å². The molecule has 2 rings (SSSR count). The van der Waals surface area contributed by atoms with Gasteiger partial charge in [-0.3, -0.25) is 4.79 Å². The number of carbonyl (C=O) groups is 1. The molecular formula is C20H25NO2. The maximum atomic E-state index is 12.1. The molecule has 0 aliphatic rings. The fourth-order valence-electron chi connectivity index (χ4n) is 2.42. The molecule has 0 fully saturated rings. The van der Waals surface area contributed by atoms with Crippen LogP contribution in [-0.2, 0) is 11.3 Å². The van der Waals surface area contributed by atoms with Crippen molar-refractivity contribution in [3.63, 3.8) is 0 Å². The number of hydrogen-bond donors (Lipinski definition) is 1. The molecule has 1 N–H and O–H groups in total. The molecule has 1 atom stereocenters. The zero-order valence-electron chi connectivity index (χ0n) is 13.9. The highest BCUT2D eigenvalue weighted by Crippen LogP contribution is 2.18. The van der Waals surface area contributed by atoms with Gasteiger partial charge >= 0.3 is 0 Å². The molecule has 0 heterocycles. The van der Waals surface area contributed by atoms with E-state index in [4.69, 9.17) is 4.74 Å². The van der Waals surface area contributed by atoms with Crippen LogP contribution in [0.25, 0.3) is 0 Å². The summed E-state index contributed by atoms with van der Waals surface area (Å²) < 4.78 is 5.61. The molecule has 0 aliphatic heterocycles. The summed E-state index contributed by atoms with van der Waals surface area (Å²) in [6, 6.07) is 18.0. The third kappa shape index (κ3) is 5.78. The molecule has 122 valence electrons. The van der Waals surface area contributed by atoms with E-state index in [-0.39, 0.29) is 11.8 Å². The highest BCUT2D eigenvalue weighted by molar-refractivity contribution is 5.76. The first kappa shape index (κ1) is 17.1. The standard InChI is InChI=1S/C20H25NO2/c1-3-12-23-19-11-7-8-17(14-19)15-21-20(22)13-16(2)18-9-5-4-6-10-18/h4-11,14,16H,3,12-13,15H2,1-2H3,(H,21,22). The van der Waals surface area contributed by atoms with E-state index in [1.165, 1.54) is 5.56 Å². The third-order valence-electron chi connectivity index (χ3n) is 3.72. The minimum Gasteiger partial charge on any atom is -0.494 e. The second kappa shape index (κ2) is 8.99. The molecule has 0 spiro atoms. The molecule has 0 saturated carbocycles. The summed E-state index contributed by atoms with van der Waals surface area (Å²) in [5.41, 5.74) is 2.25. The fraction of sp³-hybridized carbons (Fsp3) is 0.350. The van der Waals surface area contributed by atoms with Crippen molar-refractivity contribution in [2.24, 2.45) is 0 Å². The summed E-state index contributed by atoms with van der Waals surface area (Å²) in [5, 5.41) is 2.99. The van der Waals surface area contributed by atoms with Crippen LogP contribution in [0, 0.1) is 0 Å². The van der Waals surface area contributed by atoms with Crippen molar-refractivity contribution < 1.29 is 9.53 Å². The number of rotatable bonds is 8. The van der Waals surface area contributed by atoms with Gasteiger partial charge < -0.3 is 10.1 Å². The lowest BCUT2D eigenvalue weighted by Gasteiger charge is -2.12. The van der Waals surface area contributed by atoms with Crippen LogP contribution < -0.4 is 10.1 Å². The van der Waals surface area contributed by atoms with Crippen molar-refractivity contribution in [2.45, 2.75) is 39.2 Å². The van der Waals surface area contributed by atoms with E-state index < -0.39 is 0 Å². The molecule has 0 radical (unpaired) electrons. The van der Waals surface area contributed by atoms with Crippen molar-refractivity contribution in [3.05, 3.63) is 65.7 Å². The average Bonchev–Trinajstić information content (AvgIpc) is 2.59. The van der Waals surface area contributed by atoms with Gasteiger partial charge in [-0.2, -0.15) is 0 Å². The lowest BCUT2D eigenvalue weighted by molar-refractivity contribution is -0.121. The SMILES string of the molecule is CCCOc1cccc(CNC(=O)CC(C)c2ccccc2)c1. The molecule has 23 heavy (non-hydrogen) atoms. The fourth-order valence-corrected chi connectivity index (χ4v) is 2.42. The Hall–Kier alpha value is -2.29. The minimum atomic E-state index is 0.0706. The number of ether oxygens (including phenoxy) is 1. The summed E-state index contributed by atoms with van der Waals surface area (Å²) in [5.74, 6) is 1.15. The number of carbonyl (C=O) groups excluding carboxylic acids is 1. The maximum Gasteiger partial charge on any atom is 0.220 e. The topological polar surface area (TPSA) is 38.3 Å². The van der Waals surface area contributed by atoms with Crippen LogP contribution in [0.5, 0.6) is 5.75 Å². The Morgan fingerprint density at radius 3 is 2.65 bits per heavy atom. The normalized spacial score (nSPS) is 11.7. The Kier molecular flexibility index (Phi) is 6.67. The summed E-state index contributed by atoms with van der Waals surface area (Å²) in [6.45, 7) is 5.40. The van der Waals surface area contributed by atoms with Gasteiger partial charge in [-0.05, 0) is 35.6 Å². The van der Waals surface area contributed by atoms with Gasteiger partial charge in [-0.1, -0.05) is 56.3 Å². The lowest BCUT2D eigenvalue weighted by atomic mass is 9.97. The highest BCUT2D eigenvalue weighted by atomic mass is 16.5. The summed E-state index contributed by atoms with van der Waals surface area (Å²) in [6.07, 6.45) is 1.48.